The van der Waals surface area contributed by atoms with Crippen molar-refractivity contribution in [1.29, 1.82) is 0 Å². The van der Waals surface area contributed by atoms with Gasteiger partial charge in [0.1, 0.15) is 0 Å². The number of rotatable bonds is 4. The maximum absolute atomic E-state index is 13.2. The van der Waals surface area contributed by atoms with Crippen LogP contribution in [0.3, 0.4) is 0 Å². The summed E-state index contributed by atoms with van der Waals surface area (Å²) in [6.07, 6.45) is -2.63. The van der Waals surface area contributed by atoms with Crippen LogP contribution in [0.5, 0.6) is 0 Å². The summed E-state index contributed by atoms with van der Waals surface area (Å²) in [5, 5.41) is 7.63. The quantitative estimate of drug-likeness (QED) is 0.672. The van der Waals surface area contributed by atoms with E-state index in [1.807, 2.05) is 12.1 Å². The van der Waals surface area contributed by atoms with E-state index in [-0.39, 0.29) is 5.56 Å². The molecule has 152 valence electrons. The molecular weight excluding hydrogens is 377 g/mol. The fourth-order valence-electron chi connectivity index (χ4n) is 3.78. The van der Waals surface area contributed by atoms with Gasteiger partial charge in [-0.2, -0.15) is 13.2 Å². The lowest BCUT2D eigenvalue weighted by molar-refractivity contribution is -0.138. The van der Waals surface area contributed by atoms with Gasteiger partial charge >= 0.3 is 6.18 Å². The molecule has 2 heterocycles. The minimum absolute atomic E-state index is 0.257. The predicted molar refractivity (Wildman–Crippen MR) is 110 cm³/mol. The van der Waals surface area contributed by atoms with E-state index < -0.39 is 11.7 Å². The molecule has 3 aromatic rings. The SMILES string of the molecule is Cc1c(CNc2ccnc3ccc(N4CCNCC4)cc23)cccc1C(F)(F)F. The highest BCUT2D eigenvalue weighted by Gasteiger charge is 2.32. The van der Waals surface area contributed by atoms with Gasteiger partial charge < -0.3 is 15.5 Å². The van der Waals surface area contributed by atoms with Crippen molar-refractivity contribution in [2.75, 3.05) is 36.4 Å². The second-order valence-electron chi connectivity index (χ2n) is 7.24. The Morgan fingerprint density at radius 1 is 1.10 bits per heavy atom. The third kappa shape index (κ3) is 4.15. The van der Waals surface area contributed by atoms with E-state index >= 15 is 0 Å². The van der Waals surface area contributed by atoms with Crippen LogP contribution in [0, 0.1) is 6.92 Å². The van der Waals surface area contributed by atoms with E-state index in [1.54, 1.807) is 12.3 Å². The van der Waals surface area contributed by atoms with Crippen molar-refractivity contribution in [3.05, 3.63) is 65.4 Å². The van der Waals surface area contributed by atoms with Crippen molar-refractivity contribution >= 4 is 22.3 Å². The minimum Gasteiger partial charge on any atom is -0.380 e. The van der Waals surface area contributed by atoms with Crippen LogP contribution >= 0.6 is 0 Å². The molecule has 1 fully saturated rings. The largest absolute Gasteiger partial charge is 0.416 e. The van der Waals surface area contributed by atoms with Gasteiger partial charge in [-0.1, -0.05) is 12.1 Å². The van der Waals surface area contributed by atoms with Crippen molar-refractivity contribution in [2.24, 2.45) is 0 Å². The van der Waals surface area contributed by atoms with Crippen LogP contribution in [0.15, 0.2) is 48.7 Å². The Kier molecular flexibility index (Phi) is 5.32. The summed E-state index contributed by atoms with van der Waals surface area (Å²) in [6.45, 7) is 5.62. The third-order valence-corrected chi connectivity index (χ3v) is 5.43. The summed E-state index contributed by atoms with van der Waals surface area (Å²) in [7, 11) is 0. The van der Waals surface area contributed by atoms with Crippen molar-refractivity contribution in [3.8, 4) is 0 Å². The summed E-state index contributed by atoms with van der Waals surface area (Å²) in [5.74, 6) is 0. The van der Waals surface area contributed by atoms with E-state index in [4.69, 9.17) is 0 Å². The summed E-state index contributed by atoms with van der Waals surface area (Å²) >= 11 is 0. The number of piperazine rings is 1. The first kappa shape index (κ1) is 19.5. The van der Waals surface area contributed by atoms with Crippen LogP contribution < -0.4 is 15.5 Å². The Morgan fingerprint density at radius 3 is 2.66 bits per heavy atom. The Labute approximate surface area is 167 Å². The van der Waals surface area contributed by atoms with Crippen LogP contribution in [0.2, 0.25) is 0 Å². The molecule has 2 aromatic carbocycles. The summed E-state index contributed by atoms with van der Waals surface area (Å²) in [4.78, 5) is 6.75. The first-order valence-electron chi connectivity index (χ1n) is 9.67. The lowest BCUT2D eigenvalue weighted by Crippen LogP contribution is -2.43. The highest BCUT2D eigenvalue weighted by Crippen LogP contribution is 2.33. The predicted octanol–water partition coefficient (Wildman–Crippen LogP) is 4.58. The van der Waals surface area contributed by atoms with Gasteiger partial charge in [0, 0.05) is 55.7 Å². The molecule has 0 amide bonds. The normalized spacial score (nSPS) is 15.0. The summed E-state index contributed by atoms with van der Waals surface area (Å²) in [6, 6.07) is 12.4. The Hall–Kier alpha value is -2.80. The molecule has 1 aliphatic heterocycles. The molecule has 0 saturated carbocycles. The van der Waals surface area contributed by atoms with E-state index in [0.717, 1.165) is 54.5 Å². The molecule has 0 radical (unpaired) electrons. The van der Waals surface area contributed by atoms with Crippen LogP contribution in [-0.4, -0.2) is 31.2 Å². The number of nitrogens with zero attached hydrogens (tertiary/aromatic N) is 2. The molecule has 1 aromatic heterocycles. The monoisotopic (exact) mass is 400 g/mol. The molecule has 4 nitrogen and oxygen atoms in total. The number of hydrogen-bond donors (Lipinski definition) is 2. The maximum atomic E-state index is 13.2. The number of fused-ring (bicyclic) bond motifs is 1. The molecule has 1 aliphatic rings. The van der Waals surface area contributed by atoms with Gasteiger partial charge in [-0.15, -0.1) is 0 Å². The number of nitrogens with one attached hydrogen (secondary N) is 2. The molecule has 0 aliphatic carbocycles. The summed E-state index contributed by atoms with van der Waals surface area (Å²) < 4.78 is 39.6. The Balaban J connectivity index is 1.61. The second kappa shape index (κ2) is 7.91. The zero-order valence-corrected chi connectivity index (χ0v) is 16.2. The zero-order chi connectivity index (χ0) is 20.4. The van der Waals surface area contributed by atoms with Crippen molar-refractivity contribution in [1.82, 2.24) is 10.3 Å². The smallest absolute Gasteiger partial charge is 0.380 e. The van der Waals surface area contributed by atoms with E-state index in [2.05, 4.69) is 32.7 Å². The van der Waals surface area contributed by atoms with Crippen molar-refractivity contribution in [3.63, 3.8) is 0 Å². The molecule has 0 unspecified atom stereocenters. The van der Waals surface area contributed by atoms with Gasteiger partial charge in [0.2, 0.25) is 0 Å². The number of alkyl halides is 3. The van der Waals surface area contributed by atoms with Gasteiger partial charge in [-0.05, 0) is 48.4 Å². The van der Waals surface area contributed by atoms with Gasteiger partial charge in [0.05, 0.1) is 11.1 Å². The fraction of sp³-hybridized carbons (Fsp3) is 0.318. The number of benzene rings is 2. The van der Waals surface area contributed by atoms with Gasteiger partial charge in [-0.3, -0.25) is 4.98 Å². The van der Waals surface area contributed by atoms with Crippen LogP contribution in [0.1, 0.15) is 16.7 Å². The third-order valence-electron chi connectivity index (χ3n) is 5.43. The van der Waals surface area contributed by atoms with Crippen molar-refractivity contribution < 1.29 is 13.2 Å². The number of aromatic nitrogens is 1. The Bertz CT molecular complexity index is 1010. The van der Waals surface area contributed by atoms with Crippen LogP contribution in [-0.2, 0) is 12.7 Å². The summed E-state index contributed by atoms with van der Waals surface area (Å²) in [5.41, 5.74) is 3.15. The molecule has 7 heteroatoms. The fourth-order valence-corrected chi connectivity index (χ4v) is 3.78. The number of pyridine rings is 1. The van der Waals surface area contributed by atoms with Gasteiger partial charge in [0.15, 0.2) is 0 Å². The van der Waals surface area contributed by atoms with Crippen LogP contribution in [0.25, 0.3) is 10.9 Å². The topological polar surface area (TPSA) is 40.2 Å². The zero-order valence-electron chi connectivity index (χ0n) is 16.2. The molecular formula is C22H23F3N4. The molecule has 4 rings (SSSR count). The number of hydrogen-bond acceptors (Lipinski definition) is 4. The second-order valence-corrected chi connectivity index (χ2v) is 7.24. The first-order valence-corrected chi connectivity index (χ1v) is 9.67. The Morgan fingerprint density at radius 2 is 1.90 bits per heavy atom. The molecule has 29 heavy (non-hydrogen) atoms. The van der Waals surface area contributed by atoms with Crippen molar-refractivity contribution in [2.45, 2.75) is 19.6 Å². The lowest BCUT2D eigenvalue weighted by atomic mass is 10.0. The molecule has 0 bridgehead atoms. The number of anilines is 2. The molecule has 0 atom stereocenters. The molecule has 1 saturated heterocycles. The molecule has 2 N–H and O–H groups in total. The first-order chi connectivity index (χ1) is 13.9. The van der Waals surface area contributed by atoms with E-state index in [9.17, 15) is 13.2 Å². The average Bonchev–Trinajstić information content (AvgIpc) is 2.72. The lowest BCUT2D eigenvalue weighted by Gasteiger charge is -2.29. The number of halogens is 3. The maximum Gasteiger partial charge on any atom is 0.416 e. The van der Waals surface area contributed by atoms with E-state index in [1.165, 1.54) is 13.0 Å². The highest BCUT2D eigenvalue weighted by atomic mass is 19.4. The minimum atomic E-state index is -4.35. The average molecular weight is 400 g/mol. The standard InChI is InChI=1S/C22H23F3N4/c1-15-16(3-2-4-19(15)22(23,24)25)14-28-21-7-8-27-20-6-5-17(13-18(20)21)29-11-9-26-10-12-29/h2-8,13,26H,9-12,14H2,1H3,(H,27,28). The molecule has 0 spiro atoms. The van der Waals surface area contributed by atoms with E-state index in [0.29, 0.717) is 12.1 Å². The van der Waals surface area contributed by atoms with Gasteiger partial charge in [-0.25, -0.2) is 0 Å². The highest BCUT2D eigenvalue weighted by molar-refractivity contribution is 5.93. The van der Waals surface area contributed by atoms with Crippen LogP contribution in [0.4, 0.5) is 24.5 Å². The van der Waals surface area contributed by atoms with Gasteiger partial charge in [0.25, 0.3) is 0 Å².